The highest BCUT2D eigenvalue weighted by molar-refractivity contribution is 6.05. The first-order valence-electron chi connectivity index (χ1n) is 9.02. The molecule has 0 atom stereocenters. The van der Waals surface area contributed by atoms with Crippen LogP contribution in [-0.2, 0) is 27.2 Å². The number of aryl methyl sites for hydroxylation is 1. The lowest BCUT2D eigenvalue weighted by molar-refractivity contribution is -0.131. The van der Waals surface area contributed by atoms with Crippen molar-refractivity contribution in [3.8, 4) is 0 Å². The monoisotopic (exact) mass is 369 g/mol. The number of amides is 2. The molecule has 0 aliphatic heterocycles. The summed E-state index contributed by atoms with van der Waals surface area (Å²) in [6.45, 7) is -0.554. The third kappa shape index (κ3) is 4.24. The van der Waals surface area contributed by atoms with E-state index in [1.807, 2.05) is 24.3 Å². The Morgan fingerprint density at radius 3 is 2.67 bits per heavy atom. The molecule has 7 heteroatoms. The zero-order valence-corrected chi connectivity index (χ0v) is 15.6. The largest absolute Gasteiger partial charge is 0.452 e. The quantitative estimate of drug-likeness (QED) is 0.807. The summed E-state index contributed by atoms with van der Waals surface area (Å²) in [5.74, 6) is -1.27. The molecule has 142 valence electrons. The number of nitrogens with zero attached hydrogens (tertiary/aromatic N) is 2. The maximum Gasteiger partial charge on any atom is 0.339 e. The lowest BCUT2D eigenvalue weighted by Crippen LogP contribution is -2.38. The number of pyridine rings is 1. The van der Waals surface area contributed by atoms with E-state index in [-0.39, 0.29) is 12.5 Å². The van der Waals surface area contributed by atoms with Crippen molar-refractivity contribution in [3.63, 3.8) is 0 Å². The van der Waals surface area contributed by atoms with Gasteiger partial charge in [-0.3, -0.25) is 14.6 Å². The minimum atomic E-state index is -0.527. The van der Waals surface area contributed by atoms with E-state index >= 15 is 0 Å². The number of para-hydroxylation sites is 1. The number of ether oxygens (including phenoxy) is 1. The summed E-state index contributed by atoms with van der Waals surface area (Å²) >= 11 is 0. The third-order valence-electron chi connectivity index (χ3n) is 4.64. The van der Waals surface area contributed by atoms with E-state index in [4.69, 9.17) is 9.72 Å². The van der Waals surface area contributed by atoms with Crippen molar-refractivity contribution in [1.29, 1.82) is 0 Å². The summed E-state index contributed by atoms with van der Waals surface area (Å²) in [7, 11) is 3.21. The average Bonchev–Trinajstić information content (AvgIpc) is 2.68. The van der Waals surface area contributed by atoms with Gasteiger partial charge in [0.2, 0.25) is 5.91 Å². The summed E-state index contributed by atoms with van der Waals surface area (Å²) < 4.78 is 5.25. The molecule has 0 saturated carbocycles. The number of benzene rings is 1. The van der Waals surface area contributed by atoms with Gasteiger partial charge in [-0.15, -0.1) is 0 Å². The van der Waals surface area contributed by atoms with Gasteiger partial charge in [0, 0.05) is 25.2 Å². The van der Waals surface area contributed by atoms with Crippen molar-refractivity contribution in [2.24, 2.45) is 0 Å². The summed E-state index contributed by atoms with van der Waals surface area (Å²) in [4.78, 5) is 42.2. The number of carbonyl (C=O) groups excluding carboxylic acids is 3. The van der Waals surface area contributed by atoms with Crippen LogP contribution >= 0.6 is 0 Å². The normalized spacial score (nSPS) is 13.0. The molecule has 0 saturated heterocycles. The van der Waals surface area contributed by atoms with Gasteiger partial charge in [-0.25, -0.2) is 4.79 Å². The van der Waals surface area contributed by atoms with E-state index in [9.17, 15) is 14.4 Å². The van der Waals surface area contributed by atoms with Crippen LogP contribution in [0.25, 0.3) is 10.9 Å². The van der Waals surface area contributed by atoms with Crippen LogP contribution in [0, 0.1) is 0 Å². The standard InChI is InChI=1S/C20H23N3O4/c1-23(2)18(25)11-21-17(24)12-27-20(26)19-13-7-3-5-9-15(13)22-16-10-6-4-8-14(16)19/h3,5,7,9H,4,6,8,10-12H2,1-2H3,(H,21,24). The van der Waals surface area contributed by atoms with Crippen LogP contribution in [0.1, 0.15) is 34.5 Å². The van der Waals surface area contributed by atoms with Crippen molar-refractivity contribution in [2.45, 2.75) is 25.7 Å². The van der Waals surface area contributed by atoms with Crippen molar-refractivity contribution in [1.82, 2.24) is 15.2 Å². The Labute approximate surface area is 157 Å². The van der Waals surface area contributed by atoms with Crippen molar-refractivity contribution >= 4 is 28.7 Å². The summed E-state index contributed by atoms with van der Waals surface area (Å²) in [5.41, 5.74) is 3.12. The van der Waals surface area contributed by atoms with Gasteiger partial charge in [0.25, 0.3) is 5.91 Å². The minimum absolute atomic E-state index is 0.128. The SMILES string of the molecule is CN(C)C(=O)CNC(=O)COC(=O)c1c2c(nc3ccccc13)CCCC2. The predicted molar refractivity (Wildman–Crippen MR) is 100 cm³/mol. The van der Waals surface area contributed by atoms with Gasteiger partial charge in [0.05, 0.1) is 17.6 Å². The number of carbonyl (C=O) groups is 3. The molecule has 7 nitrogen and oxygen atoms in total. The molecule has 27 heavy (non-hydrogen) atoms. The Morgan fingerprint density at radius 1 is 1.15 bits per heavy atom. The zero-order chi connectivity index (χ0) is 19.4. The molecule has 0 fully saturated rings. The summed E-state index contributed by atoms with van der Waals surface area (Å²) in [6.07, 6.45) is 3.67. The molecule has 1 heterocycles. The third-order valence-corrected chi connectivity index (χ3v) is 4.64. The Balaban J connectivity index is 1.76. The summed E-state index contributed by atoms with van der Waals surface area (Å²) in [5, 5.41) is 3.19. The average molecular weight is 369 g/mol. The molecule has 0 bridgehead atoms. The molecule has 1 aliphatic rings. The van der Waals surface area contributed by atoms with Gasteiger partial charge in [0.1, 0.15) is 0 Å². The maximum atomic E-state index is 12.8. The van der Waals surface area contributed by atoms with Crippen LogP contribution in [0.4, 0.5) is 0 Å². The first-order valence-corrected chi connectivity index (χ1v) is 9.02. The van der Waals surface area contributed by atoms with Crippen LogP contribution in [0.15, 0.2) is 24.3 Å². The molecule has 2 amide bonds. The predicted octanol–water partition coefficient (Wildman–Crippen LogP) is 1.47. The molecule has 0 radical (unpaired) electrons. The van der Waals surface area contributed by atoms with E-state index in [1.165, 1.54) is 4.90 Å². The Morgan fingerprint density at radius 2 is 1.89 bits per heavy atom. The van der Waals surface area contributed by atoms with Gasteiger partial charge in [0.15, 0.2) is 6.61 Å². The van der Waals surface area contributed by atoms with Crippen LogP contribution < -0.4 is 5.32 Å². The first kappa shape index (κ1) is 18.8. The second-order valence-corrected chi connectivity index (χ2v) is 6.78. The zero-order valence-electron chi connectivity index (χ0n) is 15.6. The summed E-state index contributed by atoms with van der Waals surface area (Å²) in [6, 6.07) is 7.47. The van der Waals surface area contributed by atoms with Crippen LogP contribution in [0.2, 0.25) is 0 Å². The van der Waals surface area contributed by atoms with E-state index in [0.29, 0.717) is 5.56 Å². The fraction of sp³-hybridized carbons (Fsp3) is 0.400. The number of hydrogen-bond acceptors (Lipinski definition) is 5. The molecular weight excluding hydrogens is 346 g/mol. The van der Waals surface area contributed by atoms with Gasteiger partial charge in [-0.05, 0) is 37.3 Å². The lowest BCUT2D eigenvalue weighted by atomic mass is 9.90. The van der Waals surface area contributed by atoms with Crippen molar-refractivity contribution in [2.75, 3.05) is 27.2 Å². The number of hydrogen-bond donors (Lipinski definition) is 1. The number of fused-ring (bicyclic) bond motifs is 2. The Bertz CT molecular complexity index is 892. The molecule has 1 aromatic heterocycles. The Kier molecular flexibility index (Phi) is 5.69. The number of esters is 1. The second-order valence-electron chi connectivity index (χ2n) is 6.78. The van der Waals surface area contributed by atoms with Gasteiger partial charge < -0.3 is 15.0 Å². The molecule has 1 aliphatic carbocycles. The molecule has 0 unspecified atom stereocenters. The molecule has 0 spiro atoms. The van der Waals surface area contributed by atoms with E-state index in [0.717, 1.165) is 47.8 Å². The van der Waals surface area contributed by atoms with Crippen LogP contribution in [0.5, 0.6) is 0 Å². The van der Waals surface area contributed by atoms with Crippen LogP contribution in [0.3, 0.4) is 0 Å². The topological polar surface area (TPSA) is 88.6 Å². The maximum absolute atomic E-state index is 12.8. The fourth-order valence-corrected chi connectivity index (χ4v) is 3.19. The first-order chi connectivity index (χ1) is 13.0. The number of aromatic nitrogens is 1. The molecule has 1 aromatic carbocycles. The lowest BCUT2D eigenvalue weighted by Gasteiger charge is -2.20. The molecule has 3 rings (SSSR count). The highest BCUT2D eigenvalue weighted by atomic mass is 16.5. The fourth-order valence-electron chi connectivity index (χ4n) is 3.19. The van der Waals surface area contributed by atoms with Gasteiger partial charge >= 0.3 is 5.97 Å². The van der Waals surface area contributed by atoms with Crippen molar-refractivity contribution in [3.05, 3.63) is 41.1 Å². The number of rotatable bonds is 5. The second kappa shape index (κ2) is 8.16. The number of nitrogens with one attached hydrogen (secondary N) is 1. The van der Waals surface area contributed by atoms with Gasteiger partial charge in [-0.2, -0.15) is 0 Å². The molecule has 2 aromatic rings. The molecule has 1 N–H and O–H groups in total. The van der Waals surface area contributed by atoms with Gasteiger partial charge in [-0.1, -0.05) is 18.2 Å². The van der Waals surface area contributed by atoms with Crippen molar-refractivity contribution < 1.29 is 19.1 Å². The Hall–Kier alpha value is -2.96. The smallest absolute Gasteiger partial charge is 0.339 e. The minimum Gasteiger partial charge on any atom is -0.452 e. The van der Waals surface area contributed by atoms with E-state index < -0.39 is 18.5 Å². The highest BCUT2D eigenvalue weighted by Gasteiger charge is 2.24. The van der Waals surface area contributed by atoms with E-state index in [2.05, 4.69) is 5.32 Å². The number of likely N-dealkylation sites (N-methyl/N-ethyl adjacent to an activating group) is 1. The molecular formula is C20H23N3O4. The highest BCUT2D eigenvalue weighted by Crippen LogP contribution is 2.29. The van der Waals surface area contributed by atoms with E-state index in [1.54, 1.807) is 14.1 Å². The van der Waals surface area contributed by atoms with Crippen LogP contribution in [-0.4, -0.2) is 54.9 Å².